The van der Waals surface area contributed by atoms with Crippen molar-refractivity contribution in [3.05, 3.63) is 70.8 Å². The summed E-state index contributed by atoms with van der Waals surface area (Å²) in [7, 11) is 0. The molecule has 0 radical (unpaired) electrons. The molecule has 2 aromatic rings. The van der Waals surface area contributed by atoms with Crippen molar-refractivity contribution in [3.8, 4) is 0 Å². The molecule has 1 aliphatic carbocycles. The summed E-state index contributed by atoms with van der Waals surface area (Å²) >= 11 is 0. The van der Waals surface area contributed by atoms with Crippen LogP contribution in [-0.2, 0) is 27.3 Å². The van der Waals surface area contributed by atoms with Gasteiger partial charge in [-0.2, -0.15) is 26.3 Å². The molecule has 0 aromatic heterocycles. The molecule has 1 unspecified atom stereocenters. The van der Waals surface area contributed by atoms with Gasteiger partial charge >= 0.3 is 18.4 Å². The minimum Gasteiger partial charge on any atom is -0.373 e. The van der Waals surface area contributed by atoms with Crippen molar-refractivity contribution in [2.24, 2.45) is 0 Å². The molecule has 36 heavy (non-hydrogen) atoms. The molecule has 1 atom stereocenters. The molecule has 5 nitrogen and oxygen atoms in total. The van der Waals surface area contributed by atoms with Crippen LogP contribution in [0, 0.1) is 0 Å². The third-order valence-corrected chi connectivity index (χ3v) is 7.15. The van der Waals surface area contributed by atoms with Gasteiger partial charge in [-0.05, 0) is 61.9 Å². The van der Waals surface area contributed by atoms with Crippen molar-refractivity contribution < 1.29 is 40.7 Å². The lowest BCUT2D eigenvalue weighted by Gasteiger charge is -2.44. The van der Waals surface area contributed by atoms with Gasteiger partial charge in [-0.3, -0.25) is 10.1 Å². The lowest BCUT2D eigenvalue weighted by molar-refractivity contribution is -0.143. The Labute approximate surface area is 203 Å². The first-order chi connectivity index (χ1) is 16.7. The number of rotatable bonds is 5. The molecule has 2 aromatic carbocycles. The molecule has 2 aliphatic rings. The Balaban J connectivity index is 1.59. The molecule has 194 valence electrons. The maximum atomic E-state index is 13.3. The number of hydrogen-bond donors (Lipinski definition) is 2. The molecule has 11 heteroatoms. The van der Waals surface area contributed by atoms with E-state index in [0.29, 0.717) is 37.8 Å². The first-order valence-electron chi connectivity index (χ1n) is 11.3. The first-order valence-corrected chi connectivity index (χ1v) is 11.3. The summed E-state index contributed by atoms with van der Waals surface area (Å²) in [4.78, 5) is 24.1. The van der Waals surface area contributed by atoms with Crippen molar-refractivity contribution in [3.63, 3.8) is 0 Å². The highest BCUT2D eigenvalue weighted by Gasteiger charge is 2.52. The van der Waals surface area contributed by atoms with Gasteiger partial charge in [0.15, 0.2) is 0 Å². The molecule has 2 N–H and O–H groups in total. The summed E-state index contributed by atoms with van der Waals surface area (Å²) in [5.74, 6) is -0.410. The van der Waals surface area contributed by atoms with Crippen LogP contribution in [0.5, 0.6) is 0 Å². The third kappa shape index (κ3) is 5.07. The number of benzene rings is 2. The minimum absolute atomic E-state index is 0.00141. The highest BCUT2D eigenvalue weighted by atomic mass is 19.4. The van der Waals surface area contributed by atoms with E-state index in [1.807, 2.05) is 30.3 Å². The minimum atomic E-state index is -4.95. The normalized spacial score (nSPS) is 25.5. The number of carbonyl (C=O) groups excluding carboxylic acids is 2. The Hall–Kier alpha value is -3.08. The average molecular weight is 514 g/mol. The highest BCUT2D eigenvalue weighted by Crippen LogP contribution is 2.45. The van der Waals surface area contributed by atoms with Crippen molar-refractivity contribution >= 4 is 11.9 Å². The Morgan fingerprint density at radius 3 is 1.92 bits per heavy atom. The van der Waals surface area contributed by atoms with E-state index in [1.54, 1.807) is 0 Å². The van der Waals surface area contributed by atoms with Crippen LogP contribution in [0.4, 0.5) is 31.1 Å². The lowest BCUT2D eigenvalue weighted by Crippen LogP contribution is -2.53. The van der Waals surface area contributed by atoms with Crippen LogP contribution in [0.3, 0.4) is 0 Å². The topological polar surface area (TPSA) is 67.4 Å². The molecule has 1 saturated carbocycles. The Morgan fingerprint density at radius 1 is 0.889 bits per heavy atom. The van der Waals surface area contributed by atoms with Gasteiger partial charge < -0.3 is 10.1 Å². The predicted molar refractivity (Wildman–Crippen MR) is 117 cm³/mol. The maximum Gasteiger partial charge on any atom is 0.416 e. The van der Waals surface area contributed by atoms with E-state index < -0.39 is 52.5 Å². The summed E-state index contributed by atoms with van der Waals surface area (Å²) in [6, 6.07) is 10.0. The fourth-order valence-electron chi connectivity index (χ4n) is 4.94. The second-order valence-corrected chi connectivity index (χ2v) is 9.43. The number of urea groups is 1. The number of ether oxygens (including phenoxy) is 1. The van der Waals surface area contributed by atoms with Crippen LogP contribution in [0.15, 0.2) is 48.5 Å². The summed E-state index contributed by atoms with van der Waals surface area (Å²) in [5.41, 5.74) is -3.86. The quantitative estimate of drug-likeness (QED) is 0.386. The van der Waals surface area contributed by atoms with Crippen LogP contribution in [-0.4, -0.2) is 24.1 Å². The zero-order valence-corrected chi connectivity index (χ0v) is 19.2. The van der Waals surface area contributed by atoms with Gasteiger partial charge in [-0.15, -0.1) is 0 Å². The smallest absolute Gasteiger partial charge is 0.373 e. The first kappa shape index (κ1) is 26.0. The van der Waals surface area contributed by atoms with Crippen LogP contribution in [0.2, 0.25) is 0 Å². The van der Waals surface area contributed by atoms with Crippen molar-refractivity contribution in [2.75, 3.05) is 6.61 Å². The van der Waals surface area contributed by atoms with Gasteiger partial charge in [-0.1, -0.05) is 30.3 Å². The Morgan fingerprint density at radius 2 is 1.44 bits per heavy atom. The highest BCUT2D eigenvalue weighted by molar-refractivity contribution is 6.07. The number of carbonyl (C=O) groups is 2. The number of halogens is 6. The molecule has 1 heterocycles. The molecule has 4 rings (SSSR count). The fourth-order valence-corrected chi connectivity index (χ4v) is 4.94. The largest absolute Gasteiger partial charge is 0.416 e. The molecule has 1 saturated heterocycles. The van der Waals surface area contributed by atoms with Gasteiger partial charge in [0.25, 0.3) is 5.91 Å². The number of alkyl halides is 6. The zero-order chi connectivity index (χ0) is 26.4. The van der Waals surface area contributed by atoms with Gasteiger partial charge in [0, 0.05) is 5.41 Å². The van der Waals surface area contributed by atoms with Crippen LogP contribution >= 0.6 is 0 Å². The van der Waals surface area contributed by atoms with E-state index in [0.717, 1.165) is 5.56 Å². The summed E-state index contributed by atoms with van der Waals surface area (Å²) < 4.78 is 85.7. The van der Waals surface area contributed by atoms with E-state index >= 15 is 0 Å². The van der Waals surface area contributed by atoms with E-state index in [2.05, 4.69) is 10.6 Å². The van der Waals surface area contributed by atoms with Gasteiger partial charge in [0.2, 0.25) is 0 Å². The fraction of sp³-hybridized carbons (Fsp3) is 0.440. The summed E-state index contributed by atoms with van der Waals surface area (Å²) in [6.07, 6.45) is -9.55. The van der Waals surface area contributed by atoms with Crippen LogP contribution in [0.25, 0.3) is 0 Å². The van der Waals surface area contributed by atoms with E-state index in [-0.39, 0.29) is 18.2 Å². The second-order valence-electron chi connectivity index (χ2n) is 9.43. The van der Waals surface area contributed by atoms with Crippen molar-refractivity contribution in [1.29, 1.82) is 0 Å². The van der Waals surface area contributed by atoms with Crippen LogP contribution < -0.4 is 10.6 Å². The molecule has 3 amide bonds. The standard InChI is InChI=1S/C25H24F6N2O3/c1-15(16-11-18(24(26,27)28)13-19(12-16)25(29,30)31)36-14-22(17-5-3-2-4-6-17)7-9-23(10-8-22)20(34)32-21(35)33-23/h2-6,11-13,15H,7-10,14H2,1H3,(H2,32,33,34,35). The number of amides is 3. The van der Waals surface area contributed by atoms with E-state index in [1.165, 1.54) is 6.92 Å². The Bertz CT molecular complexity index is 1110. The molecule has 0 bridgehead atoms. The number of nitrogens with one attached hydrogen (secondary N) is 2. The average Bonchev–Trinajstić information content (AvgIpc) is 3.10. The zero-order valence-electron chi connectivity index (χ0n) is 19.2. The van der Waals surface area contributed by atoms with Gasteiger partial charge in [0.1, 0.15) is 5.54 Å². The van der Waals surface area contributed by atoms with E-state index in [4.69, 9.17) is 4.74 Å². The Kier molecular flexibility index (Phi) is 6.57. The molecular formula is C25H24F6N2O3. The van der Waals surface area contributed by atoms with Crippen molar-refractivity contribution in [2.45, 2.75) is 62.0 Å². The molecule has 1 aliphatic heterocycles. The van der Waals surface area contributed by atoms with Gasteiger partial charge in [0.05, 0.1) is 23.8 Å². The third-order valence-electron chi connectivity index (χ3n) is 7.15. The lowest BCUT2D eigenvalue weighted by atomic mass is 9.64. The van der Waals surface area contributed by atoms with E-state index in [9.17, 15) is 35.9 Å². The number of hydrogen-bond acceptors (Lipinski definition) is 3. The molecular weight excluding hydrogens is 490 g/mol. The SMILES string of the molecule is CC(OCC1(c2ccccc2)CCC2(CC1)NC(=O)NC2=O)c1cc(C(F)(F)F)cc(C(F)(F)F)c1. The number of imide groups is 1. The monoisotopic (exact) mass is 514 g/mol. The summed E-state index contributed by atoms with van der Waals surface area (Å²) in [6.45, 7) is 1.41. The summed E-state index contributed by atoms with van der Waals surface area (Å²) in [5, 5.41) is 4.93. The molecule has 2 fully saturated rings. The second kappa shape index (κ2) is 9.10. The maximum absolute atomic E-state index is 13.3. The van der Waals surface area contributed by atoms with Gasteiger partial charge in [-0.25, -0.2) is 4.79 Å². The van der Waals surface area contributed by atoms with Crippen molar-refractivity contribution in [1.82, 2.24) is 10.6 Å². The van der Waals surface area contributed by atoms with Crippen LogP contribution in [0.1, 0.15) is 61.0 Å². The molecule has 1 spiro atoms. The predicted octanol–water partition coefficient (Wildman–Crippen LogP) is 5.89.